The zero-order valence-electron chi connectivity index (χ0n) is 11.9. The van der Waals surface area contributed by atoms with Crippen LogP contribution in [0.2, 0.25) is 0 Å². The summed E-state index contributed by atoms with van der Waals surface area (Å²) in [5.74, 6) is -0.965. The molecule has 6 heteroatoms. The van der Waals surface area contributed by atoms with Crippen molar-refractivity contribution in [3.05, 3.63) is 52.7 Å². The number of nitrogens with zero attached hydrogens (tertiary/aromatic N) is 2. The first-order chi connectivity index (χ1) is 10.7. The summed E-state index contributed by atoms with van der Waals surface area (Å²) in [4.78, 5) is 33.4. The van der Waals surface area contributed by atoms with E-state index in [1.165, 1.54) is 4.90 Å². The minimum atomic E-state index is -0.732. The molecule has 0 radical (unpaired) electrons. The molecule has 22 heavy (non-hydrogen) atoms. The highest BCUT2D eigenvalue weighted by Gasteiger charge is 2.59. The second-order valence-electron chi connectivity index (χ2n) is 5.41. The number of thiophene rings is 1. The summed E-state index contributed by atoms with van der Waals surface area (Å²) >= 11 is 1.57. The van der Waals surface area contributed by atoms with Crippen LogP contribution in [-0.2, 0) is 14.4 Å². The van der Waals surface area contributed by atoms with Crippen LogP contribution in [0.5, 0.6) is 0 Å². The third-order valence-electron chi connectivity index (χ3n) is 4.16. The van der Waals surface area contributed by atoms with Gasteiger partial charge in [-0.2, -0.15) is 5.06 Å². The molecule has 4 rings (SSSR count). The average molecular weight is 314 g/mol. The molecular weight excluding hydrogens is 300 g/mol. The number of hydrogen-bond acceptors (Lipinski definition) is 5. The molecule has 2 aromatic rings. The van der Waals surface area contributed by atoms with E-state index in [2.05, 4.69) is 0 Å². The van der Waals surface area contributed by atoms with Crippen LogP contribution in [0.3, 0.4) is 0 Å². The molecule has 5 nitrogen and oxygen atoms in total. The van der Waals surface area contributed by atoms with Gasteiger partial charge in [-0.1, -0.05) is 24.3 Å². The lowest BCUT2D eigenvalue weighted by Gasteiger charge is -2.22. The molecule has 1 aromatic carbocycles. The quantitative estimate of drug-likeness (QED) is 0.798. The molecule has 3 atom stereocenters. The molecule has 2 aliphatic heterocycles. The third-order valence-corrected chi connectivity index (χ3v) is 5.10. The predicted octanol–water partition coefficient (Wildman–Crippen LogP) is 2.22. The molecular formula is C16H14N2O3S. The van der Waals surface area contributed by atoms with Gasteiger partial charge in [0.25, 0.3) is 5.91 Å². The number of hydrogen-bond donors (Lipinski definition) is 0. The van der Waals surface area contributed by atoms with E-state index in [4.69, 9.17) is 4.84 Å². The molecule has 1 aromatic heterocycles. The minimum Gasteiger partial charge on any atom is -0.284 e. The Balaban J connectivity index is 1.73. The Kier molecular flexibility index (Phi) is 3.11. The van der Waals surface area contributed by atoms with Crippen molar-refractivity contribution in [1.29, 1.82) is 0 Å². The Labute approximate surface area is 131 Å². The smallest absolute Gasteiger partial charge is 0.265 e. The van der Waals surface area contributed by atoms with Gasteiger partial charge in [-0.15, -0.1) is 11.3 Å². The average Bonchev–Trinajstić information content (AvgIpc) is 3.19. The SMILES string of the molecule is CN1O[C@@H]2C(=O)N(c3ccccc3)C(=O)[C@@H]2[C@@H]1c1cccs1. The van der Waals surface area contributed by atoms with Gasteiger partial charge in [-0.25, -0.2) is 4.90 Å². The summed E-state index contributed by atoms with van der Waals surface area (Å²) in [6, 6.07) is 12.7. The van der Waals surface area contributed by atoms with Gasteiger partial charge in [0.2, 0.25) is 5.91 Å². The number of benzene rings is 1. The number of imide groups is 1. The number of carbonyl (C=O) groups is 2. The highest BCUT2D eigenvalue weighted by Crippen LogP contribution is 2.45. The molecule has 0 saturated carbocycles. The van der Waals surface area contributed by atoms with Gasteiger partial charge in [0.1, 0.15) is 0 Å². The molecule has 0 spiro atoms. The van der Waals surface area contributed by atoms with E-state index in [9.17, 15) is 9.59 Å². The lowest BCUT2D eigenvalue weighted by Crippen LogP contribution is -2.36. The Hall–Kier alpha value is -2.02. The summed E-state index contributed by atoms with van der Waals surface area (Å²) in [6.45, 7) is 0. The maximum absolute atomic E-state index is 12.9. The summed E-state index contributed by atoms with van der Waals surface area (Å²) in [6.07, 6.45) is -0.732. The van der Waals surface area contributed by atoms with Crippen molar-refractivity contribution in [3.8, 4) is 0 Å². The van der Waals surface area contributed by atoms with E-state index in [1.54, 1.807) is 35.6 Å². The van der Waals surface area contributed by atoms with E-state index in [1.807, 2.05) is 35.7 Å². The molecule has 3 heterocycles. The van der Waals surface area contributed by atoms with Crippen molar-refractivity contribution < 1.29 is 14.4 Å². The topological polar surface area (TPSA) is 49.9 Å². The van der Waals surface area contributed by atoms with E-state index < -0.39 is 12.0 Å². The zero-order chi connectivity index (χ0) is 15.3. The van der Waals surface area contributed by atoms with Crippen molar-refractivity contribution in [3.63, 3.8) is 0 Å². The second kappa shape index (κ2) is 5.01. The lowest BCUT2D eigenvalue weighted by atomic mass is 9.96. The molecule has 2 fully saturated rings. The molecule has 0 bridgehead atoms. The van der Waals surface area contributed by atoms with Crippen LogP contribution < -0.4 is 4.90 Å². The first-order valence-corrected chi connectivity index (χ1v) is 7.92. The first kappa shape index (κ1) is 13.6. The van der Waals surface area contributed by atoms with E-state index in [0.29, 0.717) is 5.69 Å². The minimum absolute atomic E-state index is 0.191. The van der Waals surface area contributed by atoms with Gasteiger partial charge in [0.15, 0.2) is 6.10 Å². The summed E-state index contributed by atoms with van der Waals surface area (Å²) in [5.41, 5.74) is 0.600. The summed E-state index contributed by atoms with van der Waals surface area (Å²) in [7, 11) is 1.77. The first-order valence-electron chi connectivity index (χ1n) is 7.04. The number of anilines is 1. The number of amides is 2. The summed E-state index contributed by atoms with van der Waals surface area (Å²) < 4.78 is 0. The van der Waals surface area contributed by atoms with E-state index in [-0.39, 0.29) is 17.9 Å². The standard InChI is InChI=1S/C16H14N2O3S/c1-17-13(11-8-5-9-22-11)12-14(21-17)16(20)18(15(12)19)10-6-3-2-4-7-10/h2-9,12-14H,1H3/t12-,13+,14+/m1/s1. The van der Waals surface area contributed by atoms with Crippen LogP contribution >= 0.6 is 11.3 Å². The fraction of sp³-hybridized carbons (Fsp3) is 0.250. The Morgan fingerprint density at radius 3 is 2.50 bits per heavy atom. The molecule has 0 N–H and O–H groups in total. The molecule has 2 aliphatic rings. The number of hydroxylamine groups is 2. The zero-order valence-corrected chi connectivity index (χ0v) is 12.7. The van der Waals surface area contributed by atoms with Gasteiger partial charge >= 0.3 is 0 Å². The van der Waals surface area contributed by atoms with Gasteiger partial charge in [0.05, 0.1) is 17.6 Å². The van der Waals surface area contributed by atoms with E-state index in [0.717, 1.165) is 4.88 Å². The van der Waals surface area contributed by atoms with Crippen molar-refractivity contribution in [1.82, 2.24) is 5.06 Å². The van der Waals surface area contributed by atoms with Crippen LogP contribution in [0.25, 0.3) is 0 Å². The van der Waals surface area contributed by atoms with E-state index >= 15 is 0 Å². The monoisotopic (exact) mass is 314 g/mol. The van der Waals surface area contributed by atoms with Crippen LogP contribution in [0, 0.1) is 5.92 Å². The molecule has 0 aliphatic carbocycles. The maximum Gasteiger partial charge on any atom is 0.265 e. The van der Waals surface area contributed by atoms with Gasteiger partial charge in [-0.05, 0) is 23.6 Å². The Morgan fingerprint density at radius 1 is 1.05 bits per heavy atom. The van der Waals surface area contributed by atoms with Crippen molar-refractivity contribution in [2.45, 2.75) is 12.1 Å². The molecule has 2 saturated heterocycles. The fourth-order valence-corrected chi connectivity index (χ4v) is 4.10. The molecule has 2 amide bonds. The lowest BCUT2D eigenvalue weighted by molar-refractivity contribution is -0.160. The van der Waals surface area contributed by atoms with Crippen LogP contribution in [0.1, 0.15) is 10.9 Å². The molecule has 0 unspecified atom stereocenters. The number of para-hydroxylation sites is 1. The third kappa shape index (κ3) is 1.85. The maximum atomic E-state index is 12.9. The van der Waals surface area contributed by atoms with Crippen LogP contribution in [0.4, 0.5) is 5.69 Å². The second-order valence-corrected chi connectivity index (χ2v) is 6.38. The fourth-order valence-electron chi connectivity index (χ4n) is 3.20. The van der Waals surface area contributed by atoms with Crippen molar-refractivity contribution in [2.24, 2.45) is 5.92 Å². The number of carbonyl (C=O) groups excluding carboxylic acids is 2. The normalized spacial score (nSPS) is 28.4. The summed E-state index contributed by atoms with van der Waals surface area (Å²) in [5, 5.41) is 3.60. The van der Waals surface area contributed by atoms with Gasteiger partial charge < -0.3 is 0 Å². The molecule has 112 valence electrons. The van der Waals surface area contributed by atoms with Crippen molar-refractivity contribution >= 4 is 28.8 Å². The van der Waals surface area contributed by atoms with Crippen molar-refractivity contribution in [2.75, 3.05) is 11.9 Å². The van der Waals surface area contributed by atoms with Crippen LogP contribution in [0.15, 0.2) is 47.8 Å². The predicted molar refractivity (Wildman–Crippen MR) is 82.1 cm³/mol. The largest absolute Gasteiger partial charge is 0.284 e. The van der Waals surface area contributed by atoms with Crippen LogP contribution in [-0.4, -0.2) is 30.0 Å². The highest BCUT2D eigenvalue weighted by atomic mass is 32.1. The van der Waals surface area contributed by atoms with Gasteiger partial charge in [0, 0.05) is 11.9 Å². The Bertz CT molecular complexity index is 716. The highest BCUT2D eigenvalue weighted by molar-refractivity contribution is 7.10. The Morgan fingerprint density at radius 2 is 1.82 bits per heavy atom. The number of rotatable bonds is 2. The van der Waals surface area contributed by atoms with Gasteiger partial charge in [-0.3, -0.25) is 14.4 Å². The number of fused-ring (bicyclic) bond motifs is 1.